The maximum Gasteiger partial charge on any atom is 0.164 e. The fourth-order valence-electron chi connectivity index (χ4n) is 1.34. The van der Waals surface area contributed by atoms with Crippen LogP contribution in [0, 0.1) is 0 Å². The van der Waals surface area contributed by atoms with E-state index in [2.05, 4.69) is 47.0 Å². The Balaban J connectivity index is 2.94. The van der Waals surface area contributed by atoms with Gasteiger partial charge < -0.3 is 4.74 Å². The molecule has 3 nitrogen and oxygen atoms in total. The Kier molecular flexibility index (Phi) is 4.88. The fraction of sp³-hybridized carbons (Fsp3) is 0.545. The van der Waals surface area contributed by atoms with Crippen LogP contribution in [0.2, 0.25) is 0 Å². The van der Waals surface area contributed by atoms with E-state index in [1.807, 2.05) is 4.68 Å². The molecule has 0 bridgehead atoms. The van der Waals surface area contributed by atoms with Crippen molar-refractivity contribution in [2.24, 2.45) is 0 Å². The van der Waals surface area contributed by atoms with Crippen LogP contribution in [-0.4, -0.2) is 22.2 Å². The highest BCUT2D eigenvalue weighted by Crippen LogP contribution is 2.22. The van der Waals surface area contributed by atoms with Crippen molar-refractivity contribution < 1.29 is 4.74 Å². The summed E-state index contributed by atoms with van der Waals surface area (Å²) in [5, 5.41) is 5.27. The molecular formula is C11H17BrN2O. The molecule has 84 valence electrons. The van der Waals surface area contributed by atoms with E-state index in [0.717, 1.165) is 23.2 Å². The van der Waals surface area contributed by atoms with Crippen molar-refractivity contribution in [1.82, 2.24) is 9.78 Å². The molecule has 1 rings (SSSR count). The first-order chi connectivity index (χ1) is 7.20. The molecule has 0 spiro atoms. The second kappa shape index (κ2) is 5.95. The van der Waals surface area contributed by atoms with Gasteiger partial charge in [-0.05, 0) is 26.3 Å². The fourth-order valence-corrected chi connectivity index (χ4v) is 1.61. The first-order valence-electron chi connectivity index (χ1n) is 5.04. The normalized spacial score (nSPS) is 11.5. The van der Waals surface area contributed by atoms with Crippen LogP contribution >= 0.6 is 15.9 Å². The van der Waals surface area contributed by atoms with Gasteiger partial charge in [0.2, 0.25) is 0 Å². The summed E-state index contributed by atoms with van der Waals surface area (Å²) >= 11 is 3.39. The molecule has 0 radical (unpaired) electrons. The Morgan fingerprint density at radius 1 is 1.60 bits per heavy atom. The molecule has 0 aliphatic rings. The van der Waals surface area contributed by atoms with Crippen molar-refractivity contribution in [2.45, 2.75) is 26.3 Å². The zero-order chi connectivity index (χ0) is 11.3. The Labute approximate surface area is 99.2 Å². The van der Waals surface area contributed by atoms with Gasteiger partial charge in [0.25, 0.3) is 0 Å². The van der Waals surface area contributed by atoms with Gasteiger partial charge in [0.05, 0.1) is 13.3 Å². The number of halogens is 1. The van der Waals surface area contributed by atoms with E-state index >= 15 is 0 Å². The van der Waals surface area contributed by atoms with Gasteiger partial charge in [0.15, 0.2) is 5.75 Å². The molecule has 4 heteroatoms. The number of allylic oxidation sites excluding steroid dienone is 1. The number of alkyl halides is 1. The van der Waals surface area contributed by atoms with Crippen molar-refractivity contribution in [1.29, 1.82) is 0 Å². The van der Waals surface area contributed by atoms with Gasteiger partial charge in [-0.2, -0.15) is 5.10 Å². The molecule has 0 N–H and O–H groups in total. The molecule has 0 unspecified atom stereocenters. The molecule has 0 aliphatic heterocycles. The minimum absolute atomic E-state index is 0.345. The monoisotopic (exact) mass is 272 g/mol. The molecule has 1 aromatic rings. The lowest BCUT2D eigenvalue weighted by Gasteiger charge is -2.08. The van der Waals surface area contributed by atoms with Crippen molar-refractivity contribution in [2.75, 3.05) is 12.4 Å². The van der Waals surface area contributed by atoms with Crippen LogP contribution in [0.4, 0.5) is 0 Å². The van der Waals surface area contributed by atoms with Crippen LogP contribution in [0.15, 0.2) is 12.3 Å². The Hall–Kier alpha value is -0.770. The van der Waals surface area contributed by atoms with Crippen LogP contribution in [0.1, 0.15) is 32.0 Å². The van der Waals surface area contributed by atoms with E-state index < -0.39 is 0 Å². The standard InChI is InChI=1S/C11H17BrN2O/c1-9(2)14-10(6-4-5-7-12)11(15-3)8-13-14/h4,6,8-9H,5,7H2,1-3H3/b6-4+. The molecule has 0 saturated heterocycles. The van der Waals surface area contributed by atoms with E-state index in [9.17, 15) is 0 Å². The highest BCUT2D eigenvalue weighted by atomic mass is 79.9. The minimum Gasteiger partial charge on any atom is -0.493 e. The number of aromatic nitrogens is 2. The number of ether oxygens (including phenoxy) is 1. The van der Waals surface area contributed by atoms with E-state index in [1.165, 1.54) is 0 Å². The molecule has 0 fully saturated rings. The molecule has 1 heterocycles. The van der Waals surface area contributed by atoms with E-state index in [0.29, 0.717) is 6.04 Å². The SMILES string of the molecule is COc1cnn(C(C)C)c1/C=C/CCBr. The average Bonchev–Trinajstić information content (AvgIpc) is 2.61. The molecule has 0 aromatic carbocycles. The van der Waals surface area contributed by atoms with Crippen LogP contribution < -0.4 is 4.74 Å². The topological polar surface area (TPSA) is 27.1 Å². The zero-order valence-corrected chi connectivity index (χ0v) is 11.0. The highest BCUT2D eigenvalue weighted by molar-refractivity contribution is 9.09. The summed E-state index contributed by atoms with van der Waals surface area (Å²) < 4.78 is 7.22. The summed E-state index contributed by atoms with van der Waals surface area (Å²) in [5.74, 6) is 0.828. The van der Waals surface area contributed by atoms with Gasteiger partial charge in [0, 0.05) is 11.4 Å². The van der Waals surface area contributed by atoms with Crippen molar-refractivity contribution >= 4 is 22.0 Å². The quantitative estimate of drug-likeness (QED) is 0.770. The van der Waals surface area contributed by atoms with Gasteiger partial charge in [-0.3, -0.25) is 4.68 Å². The van der Waals surface area contributed by atoms with Crippen LogP contribution in [-0.2, 0) is 0 Å². The number of rotatable bonds is 5. The van der Waals surface area contributed by atoms with Gasteiger partial charge in [-0.1, -0.05) is 22.0 Å². The van der Waals surface area contributed by atoms with Crippen LogP contribution in [0.5, 0.6) is 5.75 Å². The molecular weight excluding hydrogens is 256 g/mol. The number of nitrogens with zero attached hydrogens (tertiary/aromatic N) is 2. The molecule has 0 amide bonds. The molecule has 1 aromatic heterocycles. The average molecular weight is 273 g/mol. The predicted molar refractivity (Wildman–Crippen MR) is 66.6 cm³/mol. The first kappa shape index (κ1) is 12.3. The van der Waals surface area contributed by atoms with Crippen molar-refractivity contribution in [3.05, 3.63) is 18.0 Å². The third-order valence-corrected chi connectivity index (χ3v) is 2.52. The summed E-state index contributed by atoms with van der Waals surface area (Å²) in [6.07, 6.45) is 6.94. The number of methoxy groups -OCH3 is 1. The lowest BCUT2D eigenvalue weighted by atomic mass is 10.3. The van der Waals surface area contributed by atoms with Gasteiger partial charge in [-0.25, -0.2) is 0 Å². The smallest absolute Gasteiger partial charge is 0.164 e. The summed E-state index contributed by atoms with van der Waals surface area (Å²) in [6.45, 7) is 4.21. The summed E-state index contributed by atoms with van der Waals surface area (Å²) in [6, 6.07) is 0.345. The van der Waals surface area contributed by atoms with E-state index in [-0.39, 0.29) is 0 Å². The second-order valence-corrected chi connectivity index (χ2v) is 4.31. The maximum absolute atomic E-state index is 5.26. The van der Waals surface area contributed by atoms with Crippen molar-refractivity contribution in [3.8, 4) is 5.75 Å². The Morgan fingerprint density at radius 2 is 2.33 bits per heavy atom. The largest absolute Gasteiger partial charge is 0.493 e. The summed E-state index contributed by atoms with van der Waals surface area (Å²) in [4.78, 5) is 0. The van der Waals surface area contributed by atoms with Gasteiger partial charge in [0.1, 0.15) is 5.69 Å². The highest BCUT2D eigenvalue weighted by Gasteiger charge is 2.10. The van der Waals surface area contributed by atoms with E-state index in [4.69, 9.17) is 4.74 Å². The lowest BCUT2D eigenvalue weighted by molar-refractivity contribution is 0.411. The third kappa shape index (κ3) is 3.09. The summed E-state index contributed by atoms with van der Waals surface area (Å²) in [5.41, 5.74) is 1.04. The molecule has 15 heavy (non-hydrogen) atoms. The minimum atomic E-state index is 0.345. The number of hydrogen-bond donors (Lipinski definition) is 0. The Bertz CT molecular complexity index is 331. The van der Waals surface area contributed by atoms with Gasteiger partial charge in [-0.15, -0.1) is 0 Å². The zero-order valence-electron chi connectivity index (χ0n) is 9.40. The lowest BCUT2D eigenvalue weighted by Crippen LogP contribution is -2.04. The molecule has 0 saturated carbocycles. The predicted octanol–water partition coefficient (Wildman–Crippen LogP) is 3.27. The van der Waals surface area contributed by atoms with Gasteiger partial charge >= 0.3 is 0 Å². The summed E-state index contributed by atoms with van der Waals surface area (Å²) in [7, 11) is 1.67. The van der Waals surface area contributed by atoms with Crippen LogP contribution in [0.3, 0.4) is 0 Å². The number of hydrogen-bond acceptors (Lipinski definition) is 2. The van der Waals surface area contributed by atoms with E-state index in [1.54, 1.807) is 13.3 Å². The molecule has 0 aliphatic carbocycles. The second-order valence-electron chi connectivity index (χ2n) is 3.52. The third-order valence-electron chi connectivity index (χ3n) is 2.06. The molecule has 0 atom stereocenters. The van der Waals surface area contributed by atoms with Crippen LogP contribution in [0.25, 0.3) is 6.08 Å². The Morgan fingerprint density at radius 3 is 2.87 bits per heavy atom. The maximum atomic E-state index is 5.26. The first-order valence-corrected chi connectivity index (χ1v) is 6.16. The van der Waals surface area contributed by atoms with Crippen molar-refractivity contribution in [3.63, 3.8) is 0 Å².